The van der Waals surface area contributed by atoms with Gasteiger partial charge in [-0.15, -0.1) is 0 Å². The van der Waals surface area contributed by atoms with Gasteiger partial charge >= 0.3 is 5.97 Å². The van der Waals surface area contributed by atoms with Gasteiger partial charge in [-0.25, -0.2) is 9.78 Å². The molecule has 0 aliphatic heterocycles. The minimum atomic E-state index is -0.936. The van der Waals surface area contributed by atoms with E-state index < -0.39 is 11.4 Å². The van der Waals surface area contributed by atoms with Crippen molar-refractivity contribution in [2.24, 2.45) is 0 Å². The maximum atomic E-state index is 11.9. The predicted molar refractivity (Wildman–Crippen MR) is 107 cm³/mol. The summed E-state index contributed by atoms with van der Waals surface area (Å²) in [5.74, 6) is -0.936. The fourth-order valence-electron chi connectivity index (χ4n) is 3.87. The summed E-state index contributed by atoms with van der Waals surface area (Å²) in [4.78, 5) is 21.0. The van der Waals surface area contributed by atoms with Gasteiger partial charge in [-0.2, -0.15) is 4.98 Å². The highest BCUT2D eigenvalue weighted by Crippen LogP contribution is 2.38. The summed E-state index contributed by atoms with van der Waals surface area (Å²) in [5, 5.41) is 9.75. The molecule has 2 aromatic heterocycles. The number of ether oxygens (including phenoxy) is 1. The summed E-state index contributed by atoms with van der Waals surface area (Å²) in [6.07, 6.45) is 10.5. The maximum Gasteiger partial charge on any atom is 0.335 e. The lowest BCUT2D eigenvalue weighted by Gasteiger charge is -2.33. The third-order valence-electron chi connectivity index (χ3n) is 5.26. The van der Waals surface area contributed by atoms with Gasteiger partial charge in [0.05, 0.1) is 12.7 Å². The first-order valence-electron chi connectivity index (χ1n) is 9.09. The predicted octanol–water partition coefficient (Wildman–Crippen LogP) is 3.90. The molecule has 6 nitrogen and oxygen atoms in total. The summed E-state index contributed by atoms with van der Waals surface area (Å²) in [5.41, 5.74) is 3.05. The molecule has 1 aliphatic rings. The van der Waals surface area contributed by atoms with E-state index in [1.807, 2.05) is 41.8 Å². The van der Waals surface area contributed by atoms with E-state index in [2.05, 4.69) is 22.1 Å². The van der Waals surface area contributed by atoms with E-state index in [1.54, 1.807) is 25.4 Å². The van der Waals surface area contributed by atoms with Crippen molar-refractivity contribution in [1.82, 2.24) is 14.5 Å². The molecule has 0 saturated carbocycles. The van der Waals surface area contributed by atoms with Crippen molar-refractivity contribution in [2.45, 2.75) is 25.3 Å². The third-order valence-corrected chi connectivity index (χ3v) is 5.26. The second-order valence-corrected chi connectivity index (χ2v) is 6.98. The Balaban J connectivity index is 1.92. The fourth-order valence-corrected chi connectivity index (χ4v) is 3.87. The Bertz CT molecular complexity index is 1110. The molecule has 0 bridgehead atoms. The Kier molecular flexibility index (Phi) is 4.47. The van der Waals surface area contributed by atoms with E-state index in [-0.39, 0.29) is 0 Å². The highest BCUT2D eigenvalue weighted by Gasteiger charge is 2.35. The molecular weight excluding hydrogens is 354 g/mol. The number of rotatable bonds is 5. The number of pyridine rings is 1. The van der Waals surface area contributed by atoms with E-state index in [0.29, 0.717) is 24.5 Å². The molecule has 6 heteroatoms. The molecule has 3 aromatic rings. The summed E-state index contributed by atoms with van der Waals surface area (Å²) in [7, 11) is 1.58. The van der Waals surface area contributed by atoms with Crippen molar-refractivity contribution >= 4 is 17.1 Å². The van der Waals surface area contributed by atoms with E-state index in [1.165, 1.54) is 0 Å². The molecule has 0 amide bonds. The molecule has 1 unspecified atom stereocenters. The molecule has 2 heterocycles. The van der Waals surface area contributed by atoms with Crippen molar-refractivity contribution < 1.29 is 14.6 Å². The van der Waals surface area contributed by atoms with Gasteiger partial charge in [-0.3, -0.25) is 4.57 Å². The normalized spacial score (nSPS) is 18.5. The highest BCUT2D eigenvalue weighted by molar-refractivity contribution is 5.90. The Hall–Kier alpha value is -3.41. The number of carboxylic acid groups (broad SMARTS) is 1. The molecule has 142 valence electrons. The Morgan fingerprint density at radius 3 is 2.82 bits per heavy atom. The van der Waals surface area contributed by atoms with Crippen LogP contribution in [-0.2, 0) is 12.0 Å². The van der Waals surface area contributed by atoms with Crippen LogP contribution in [0, 0.1) is 6.92 Å². The van der Waals surface area contributed by atoms with Crippen LogP contribution in [0.4, 0.5) is 0 Å². The monoisotopic (exact) mass is 375 g/mol. The van der Waals surface area contributed by atoms with Crippen molar-refractivity contribution in [3.8, 4) is 6.01 Å². The number of carbonyl (C=O) groups is 1. The molecule has 1 aromatic carbocycles. The molecular formula is C22H21N3O3. The Morgan fingerprint density at radius 1 is 1.29 bits per heavy atom. The van der Waals surface area contributed by atoms with Crippen LogP contribution in [0.25, 0.3) is 11.2 Å². The van der Waals surface area contributed by atoms with Gasteiger partial charge in [-0.1, -0.05) is 42.5 Å². The van der Waals surface area contributed by atoms with Crippen molar-refractivity contribution in [2.75, 3.05) is 7.11 Å². The molecule has 0 radical (unpaired) electrons. The minimum absolute atomic E-state index is 0.301. The number of carboxylic acids is 1. The van der Waals surface area contributed by atoms with Crippen LogP contribution in [0.15, 0.2) is 60.8 Å². The Morgan fingerprint density at radius 2 is 2.11 bits per heavy atom. The van der Waals surface area contributed by atoms with Gasteiger partial charge in [-0.05, 0) is 36.6 Å². The molecule has 0 saturated heterocycles. The zero-order valence-corrected chi connectivity index (χ0v) is 15.8. The van der Waals surface area contributed by atoms with E-state index in [9.17, 15) is 9.90 Å². The zero-order chi connectivity index (χ0) is 19.7. The van der Waals surface area contributed by atoms with E-state index >= 15 is 0 Å². The van der Waals surface area contributed by atoms with Crippen molar-refractivity contribution in [3.63, 3.8) is 0 Å². The van der Waals surface area contributed by atoms with Gasteiger partial charge in [0.25, 0.3) is 6.01 Å². The second-order valence-electron chi connectivity index (χ2n) is 6.98. The van der Waals surface area contributed by atoms with Gasteiger partial charge in [0.1, 0.15) is 5.52 Å². The maximum absolute atomic E-state index is 11.9. The number of imidazole rings is 1. The molecule has 28 heavy (non-hydrogen) atoms. The third kappa shape index (κ3) is 2.87. The number of benzene rings is 1. The topological polar surface area (TPSA) is 77.2 Å². The lowest BCUT2D eigenvalue weighted by molar-refractivity contribution is 0.0694. The SMILES string of the molecule is COc1nc2c(C)ccnc2n1CC1(c2ccccc2C(=O)O)C=CC=CC1. The van der Waals surface area contributed by atoms with Crippen molar-refractivity contribution in [1.29, 1.82) is 0 Å². The molecule has 1 aliphatic carbocycles. The number of methoxy groups -OCH3 is 1. The molecule has 0 spiro atoms. The van der Waals surface area contributed by atoms with Crippen LogP contribution in [-0.4, -0.2) is 32.7 Å². The Labute approximate surface area is 162 Å². The number of aryl methyl sites for hydroxylation is 1. The van der Waals surface area contributed by atoms with Gasteiger partial charge in [0, 0.05) is 18.2 Å². The first kappa shape index (κ1) is 18.0. The number of hydrogen-bond acceptors (Lipinski definition) is 4. The lowest BCUT2D eigenvalue weighted by atomic mass is 9.73. The van der Waals surface area contributed by atoms with Crippen LogP contribution in [0.5, 0.6) is 6.01 Å². The summed E-state index contributed by atoms with van der Waals surface area (Å²) < 4.78 is 7.47. The van der Waals surface area contributed by atoms with Crippen LogP contribution in [0.1, 0.15) is 27.9 Å². The lowest BCUT2D eigenvalue weighted by Crippen LogP contribution is -2.32. The number of aromatic nitrogens is 3. The second kappa shape index (κ2) is 6.96. The zero-order valence-electron chi connectivity index (χ0n) is 15.8. The number of allylic oxidation sites excluding steroid dienone is 4. The summed E-state index contributed by atoms with van der Waals surface area (Å²) in [6.45, 7) is 2.45. The smallest absolute Gasteiger partial charge is 0.335 e. The first-order valence-corrected chi connectivity index (χ1v) is 9.09. The average molecular weight is 375 g/mol. The molecule has 0 fully saturated rings. The van der Waals surface area contributed by atoms with Gasteiger partial charge in [0.15, 0.2) is 5.65 Å². The van der Waals surface area contributed by atoms with Gasteiger partial charge in [0.2, 0.25) is 0 Å². The first-order chi connectivity index (χ1) is 13.6. The number of nitrogens with zero attached hydrogens (tertiary/aromatic N) is 3. The molecule has 4 rings (SSSR count). The number of aromatic carboxylic acids is 1. The average Bonchev–Trinajstić information content (AvgIpc) is 3.07. The molecule has 1 N–H and O–H groups in total. The van der Waals surface area contributed by atoms with Gasteiger partial charge < -0.3 is 9.84 Å². The van der Waals surface area contributed by atoms with Crippen LogP contribution in [0.2, 0.25) is 0 Å². The number of hydrogen-bond donors (Lipinski definition) is 1. The van der Waals surface area contributed by atoms with Crippen LogP contribution in [0.3, 0.4) is 0 Å². The standard InChI is InChI=1S/C22H21N3O3/c1-15-10-13-23-19-18(15)24-21(28-2)25(19)14-22(11-6-3-7-12-22)17-9-5-4-8-16(17)20(26)27/h3-11,13H,12,14H2,1-2H3,(H,26,27). The summed E-state index contributed by atoms with van der Waals surface area (Å²) in [6, 6.07) is 9.54. The minimum Gasteiger partial charge on any atom is -0.478 e. The highest BCUT2D eigenvalue weighted by atomic mass is 16.5. The largest absolute Gasteiger partial charge is 0.478 e. The summed E-state index contributed by atoms with van der Waals surface area (Å²) >= 11 is 0. The van der Waals surface area contributed by atoms with Crippen molar-refractivity contribution in [3.05, 3.63) is 77.5 Å². The van der Waals surface area contributed by atoms with E-state index in [4.69, 9.17) is 4.74 Å². The van der Waals surface area contributed by atoms with Crippen LogP contribution >= 0.6 is 0 Å². The number of fused-ring (bicyclic) bond motifs is 1. The van der Waals surface area contributed by atoms with Crippen LogP contribution < -0.4 is 4.74 Å². The fraction of sp³-hybridized carbons (Fsp3) is 0.227. The quantitative estimate of drug-likeness (QED) is 0.732. The van der Waals surface area contributed by atoms with E-state index in [0.717, 1.165) is 22.3 Å². The molecule has 1 atom stereocenters.